The van der Waals surface area contributed by atoms with Crippen LogP contribution in [0.3, 0.4) is 0 Å². The summed E-state index contributed by atoms with van der Waals surface area (Å²) >= 11 is 0. The number of benzene rings is 1. The van der Waals surface area contributed by atoms with Crippen LogP contribution in [0.4, 0.5) is 8.78 Å². The van der Waals surface area contributed by atoms with Gasteiger partial charge in [0.05, 0.1) is 12.5 Å². The zero-order valence-corrected chi connectivity index (χ0v) is 8.25. The van der Waals surface area contributed by atoms with Crippen molar-refractivity contribution in [1.29, 1.82) is 0 Å². The second-order valence-corrected chi connectivity index (χ2v) is 3.61. The summed E-state index contributed by atoms with van der Waals surface area (Å²) in [5.74, 6) is -0.300. The smallest absolute Gasteiger partial charge is 0.246 e. The number of hydrogen-bond acceptors (Lipinski definition) is 2. The van der Waals surface area contributed by atoms with E-state index in [1.54, 1.807) is 12.1 Å². The summed E-state index contributed by atoms with van der Waals surface area (Å²) in [7, 11) is 0. The van der Waals surface area contributed by atoms with Crippen LogP contribution in [0, 0.1) is 0 Å². The van der Waals surface area contributed by atoms with E-state index >= 15 is 0 Å². The van der Waals surface area contributed by atoms with Crippen LogP contribution in [-0.2, 0) is 6.42 Å². The molecule has 1 aromatic rings. The molecule has 0 amide bonds. The van der Waals surface area contributed by atoms with Crippen LogP contribution in [0.2, 0.25) is 0 Å². The van der Waals surface area contributed by atoms with E-state index in [0.29, 0.717) is 17.9 Å². The fourth-order valence-electron chi connectivity index (χ4n) is 1.90. The second kappa shape index (κ2) is 4.14. The van der Waals surface area contributed by atoms with Gasteiger partial charge in [-0.2, -0.15) is 0 Å². The molecule has 1 aliphatic rings. The quantitative estimate of drug-likeness (QED) is 0.832. The van der Waals surface area contributed by atoms with Gasteiger partial charge in [-0.05, 0) is 5.56 Å². The van der Waals surface area contributed by atoms with Gasteiger partial charge in [0.1, 0.15) is 5.75 Å². The molecule has 2 N–H and O–H groups in total. The Bertz CT molecular complexity index is 354. The van der Waals surface area contributed by atoms with E-state index in [1.165, 1.54) is 0 Å². The molecule has 0 aromatic heterocycles. The average molecular weight is 213 g/mol. The Morgan fingerprint density at radius 2 is 2.20 bits per heavy atom. The van der Waals surface area contributed by atoms with Crippen LogP contribution in [0.15, 0.2) is 18.2 Å². The number of hydrogen-bond donors (Lipinski definition) is 1. The molecule has 0 saturated heterocycles. The number of alkyl halides is 2. The first-order chi connectivity index (χ1) is 7.24. The summed E-state index contributed by atoms with van der Waals surface area (Å²) in [6, 6.07) is 5.37. The van der Waals surface area contributed by atoms with Gasteiger partial charge in [-0.3, -0.25) is 0 Å². The van der Waals surface area contributed by atoms with Gasteiger partial charge in [0.2, 0.25) is 6.43 Å². The highest BCUT2D eigenvalue weighted by Crippen LogP contribution is 2.36. The molecule has 82 valence electrons. The Morgan fingerprint density at radius 1 is 1.40 bits per heavy atom. The van der Waals surface area contributed by atoms with E-state index < -0.39 is 12.3 Å². The molecule has 1 atom stereocenters. The summed E-state index contributed by atoms with van der Waals surface area (Å²) in [5.41, 5.74) is 6.91. The van der Waals surface area contributed by atoms with Gasteiger partial charge >= 0.3 is 0 Å². The lowest BCUT2D eigenvalue weighted by atomic mass is 9.96. The van der Waals surface area contributed by atoms with Crippen molar-refractivity contribution in [3.8, 4) is 5.75 Å². The molecule has 1 unspecified atom stereocenters. The zero-order valence-electron chi connectivity index (χ0n) is 8.25. The van der Waals surface area contributed by atoms with Crippen molar-refractivity contribution in [2.24, 2.45) is 5.73 Å². The summed E-state index contributed by atoms with van der Waals surface area (Å²) in [4.78, 5) is 0. The van der Waals surface area contributed by atoms with E-state index in [-0.39, 0.29) is 6.54 Å². The molecule has 0 spiro atoms. The minimum Gasteiger partial charge on any atom is -0.493 e. The molecule has 2 rings (SSSR count). The van der Waals surface area contributed by atoms with E-state index in [0.717, 1.165) is 12.0 Å². The Morgan fingerprint density at radius 3 is 2.87 bits per heavy atom. The van der Waals surface area contributed by atoms with Gasteiger partial charge < -0.3 is 10.5 Å². The molecule has 2 nitrogen and oxygen atoms in total. The molecular weight excluding hydrogens is 200 g/mol. The molecular formula is C11H13F2NO. The summed E-state index contributed by atoms with van der Waals surface area (Å²) < 4.78 is 30.8. The van der Waals surface area contributed by atoms with Crippen molar-refractivity contribution in [3.05, 3.63) is 29.3 Å². The predicted molar refractivity (Wildman–Crippen MR) is 53.4 cm³/mol. The highest BCUT2D eigenvalue weighted by atomic mass is 19.3. The minimum atomic E-state index is -2.44. The first kappa shape index (κ1) is 10.4. The van der Waals surface area contributed by atoms with Crippen LogP contribution in [0.5, 0.6) is 5.75 Å². The van der Waals surface area contributed by atoms with Gasteiger partial charge in [0, 0.05) is 18.5 Å². The van der Waals surface area contributed by atoms with Crippen molar-refractivity contribution in [2.45, 2.75) is 18.8 Å². The number of rotatable bonds is 3. The maximum atomic E-state index is 12.7. The molecule has 0 bridgehead atoms. The number of nitrogens with two attached hydrogens (primary N) is 1. The number of fused-ring (bicyclic) bond motifs is 1. The summed E-state index contributed by atoms with van der Waals surface area (Å²) in [6.07, 6.45) is -1.64. The molecule has 0 radical (unpaired) electrons. The fraction of sp³-hybridized carbons (Fsp3) is 0.455. The van der Waals surface area contributed by atoms with Crippen LogP contribution in [0.1, 0.15) is 17.0 Å². The first-order valence-corrected chi connectivity index (χ1v) is 4.97. The summed E-state index contributed by atoms with van der Waals surface area (Å²) in [6.45, 7) is 0.518. The third-order valence-electron chi connectivity index (χ3n) is 2.70. The van der Waals surface area contributed by atoms with Gasteiger partial charge in [0.15, 0.2) is 0 Å². The van der Waals surface area contributed by atoms with Crippen LogP contribution < -0.4 is 10.5 Å². The SMILES string of the molecule is NCC(c1cccc2c1OCC2)C(F)F. The Hall–Kier alpha value is -1.16. The fourth-order valence-corrected chi connectivity index (χ4v) is 1.90. The standard InChI is InChI=1S/C11H13F2NO/c12-11(13)9(6-14)8-3-1-2-7-4-5-15-10(7)8/h1-3,9,11H,4-6,14H2. The lowest BCUT2D eigenvalue weighted by Gasteiger charge is -2.16. The molecule has 1 heterocycles. The molecule has 1 aliphatic heterocycles. The normalized spacial score (nSPS) is 16.3. The van der Waals surface area contributed by atoms with E-state index in [4.69, 9.17) is 10.5 Å². The second-order valence-electron chi connectivity index (χ2n) is 3.61. The Labute approximate surface area is 87.0 Å². The predicted octanol–water partition coefficient (Wildman–Crippen LogP) is 1.93. The van der Waals surface area contributed by atoms with E-state index in [1.807, 2.05) is 6.07 Å². The number of ether oxygens (including phenoxy) is 1. The van der Waals surface area contributed by atoms with Crippen molar-refractivity contribution < 1.29 is 13.5 Å². The maximum absolute atomic E-state index is 12.7. The zero-order chi connectivity index (χ0) is 10.8. The highest BCUT2D eigenvalue weighted by molar-refractivity contribution is 5.46. The average Bonchev–Trinajstić information content (AvgIpc) is 2.66. The monoisotopic (exact) mass is 213 g/mol. The molecule has 0 fully saturated rings. The molecule has 0 aliphatic carbocycles. The highest BCUT2D eigenvalue weighted by Gasteiger charge is 2.27. The largest absolute Gasteiger partial charge is 0.493 e. The van der Waals surface area contributed by atoms with Crippen LogP contribution in [-0.4, -0.2) is 19.6 Å². The van der Waals surface area contributed by atoms with Crippen molar-refractivity contribution in [1.82, 2.24) is 0 Å². The van der Waals surface area contributed by atoms with Gasteiger partial charge in [-0.1, -0.05) is 18.2 Å². The maximum Gasteiger partial charge on any atom is 0.246 e. The third kappa shape index (κ3) is 1.81. The van der Waals surface area contributed by atoms with Gasteiger partial charge in [-0.25, -0.2) is 8.78 Å². The van der Waals surface area contributed by atoms with Crippen molar-refractivity contribution >= 4 is 0 Å². The minimum absolute atomic E-state index is 0.0581. The topological polar surface area (TPSA) is 35.2 Å². The van der Waals surface area contributed by atoms with E-state index in [9.17, 15) is 8.78 Å². The molecule has 15 heavy (non-hydrogen) atoms. The lowest BCUT2D eigenvalue weighted by molar-refractivity contribution is 0.115. The lowest BCUT2D eigenvalue weighted by Crippen LogP contribution is -2.20. The van der Waals surface area contributed by atoms with E-state index in [2.05, 4.69) is 0 Å². The van der Waals surface area contributed by atoms with Crippen LogP contribution in [0.25, 0.3) is 0 Å². The molecule has 1 aromatic carbocycles. The number of para-hydroxylation sites is 1. The Kier molecular flexibility index (Phi) is 2.86. The molecule has 0 saturated carbocycles. The summed E-state index contributed by atoms with van der Waals surface area (Å²) in [5, 5.41) is 0. The number of halogens is 2. The van der Waals surface area contributed by atoms with Crippen molar-refractivity contribution in [2.75, 3.05) is 13.2 Å². The van der Waals surface area contributed by atoms with Gasteiger partial charge in [0.25, 0.3) is 0 Å². The Balaban J connectivity index is 2.39. The van der Waals surface area contributed by atoms with Gasteiger partial charge in [-0.15, -0.1) is 0 Å². The first-order valence-electron chi connectivity index (χ1n) is 4.97. The third-order valence-corrected chi connectivity index (χ3v) is 2.70. The molecule has 4 heteroatoms. The van der Waals surface area contributed by atoms with Crippen LogP contribution >= 0.6 is 0 Å². The van der Waals surface area contributed by atoms with Crippen molar-refractivity contribution in [3.63, 3.8) is 0 Å².